The number of halogens is 3. The molecule has 2 atom stereocenters. The maximum Gasteiger partial charge on any atom is 0.441 e. The first-order valence-electron chi connectivity index (χ1n) is 7.57. The maximum atomic E-state index is 12.3. The van der Waals surface area contributed by atoms with Crippen LogP contribution < -0.4 is 5.32 Å². The van der Waals surface area contributed by atoms with Gasteiger partial charge in [-0.15, -0.1) is 0 Å². The Kier molecular flexibility index (Phi) is 4.01. The Balaban J connectivity index is 1.57. The van der Waals surface area contributed by atoms with Crippen molar-refractivity contribution in [3.63, 3.8) is 0 Å². The summed E-state index contributed by atoms with van der Waals surface area (Å²) >= 11 is 0.123. The minimum atomic E-state index is -4.09. The van der Waals surface area contributed by atoms with Crippen LogP contribution in [-0.4, -0.2) is 47.4 Å². The summed E-state index contributed by atoms with van der Waals surface area (Å²) in [7, 11) is 0. The van der Waals surface area contributed by atoms with E-state index >= 15 is 0 Å². The highest BCUT2D eigenvalue weighted by Crippen LogP contribution is 2.44. The molecule has 116 valence electrons. The van der Waals surface area contributed by atoms with Gasteiger partial charge in [0, 0.05) is 37.0 Å². The van der Waals surface area contributed by atoms with Gasteiger partial charge in [-0.05, 0) is 56.2 Å². The zero-order valence-corrected chi connectivity index (χ0v) is 12.7. The van der Waals surface area contributed by atoms with Gasteiger partial charge < -0.3 is 5.32 Å². The molecule has 0 amide bonds. The lowest BCUT2D eigenvalue weighted by atomic mass is 9.90. The summed E-state index contributed by atoms with van der Waals surface area (Å²) in [6.07, 6.45) is 5.02. The number of piperazine rings is 1. The van der Waals surface area contributed by atoms with Gasteiger partial charge in [-0.2, -0.15) is 13.2 Å². The number of hydrogen-bond donors (Lipinski definition) is 1. The molecule has 0 aromatic carbocycles. The third-order valence-electron chi connectivity index (χ3n) is 5.00. The number of alkyl halides is 3. The topological polar surface area (TPSA) is 15.3 Å². The number of thioether (sulfide) groups is 1. The van der Waals surface area contributed by atoms with Gasteiger partial charge in [0.15, 0.2) is 0 Å². The van der Waals surface area contributed by atoms with Crippen LogP contribution in [-0.2, 0) is 0 Å². The van der Waals surface area contributed by atoms with E-state index in [1.54, 1.807) is 0 Å². The number of hydrogen-bond acceptors (Lipinski definition) is 3. The van der Waals surface area contributed by atoms with Crippen molar-refractivity contribution in [2.75, 3.05) is 25.4 Å². The van der Waals surface area contributed by atoms with Crippen LogP contribution in [0.3, 0.4) is 0 Å². The monoisotopic (exact) mass is 308 g/mol. The Morgan fingerprint density at radius 3 is 2.50 bits per heavy atom. The van der Waals surface area contributed by atoms with E-state index in [4.69, 9.17) is 0 Å². The summed E-state index contributed by atoms with van der Waals surface area (Å²) in [4.78, 5) is 2.34. The molecule has 3 aliphatic rings. The van der Waals surface area contributed by atoms with Crippen molar-refractivity contribution in [1.82, 2.24) is 10.2 Å². The van der Waals surface area contributed by atoms with Gasteiger partial charge in [0.25, 0.3) is 0 Å². The van der Waals surface area contributed by atoms with Gasteiger partial charge in [-0.3, -0.25) is 4.90 Å². The van der Waals surface area contributed by atoms with E-state index in [9.17, 15) is 13.2 Å². The van der Waals surface area contributed by atoms with Crippen molar-refractivity contribution >= 4 is 11.8 Å². The van der Waals surface area contributed by atoms with Crippen molar-refractivity contribution in [3.05, 3.63) is 0 Å². The fourth-order valence-corrected chi connectivity index (χ4v) is 4.08. The molecule has 3 fully saturated rings. The van der Waals surface area contributed by atoms with Crippen LogP contribution in [0.5, 0.6) is 0 Å². The van der Waals surface area contributed by atoms with Gasteiger partial charge >= 0.3 is 5.51 Å². The molecule has 2 nitrogen and oxygen atoms in total. The van der Waals surface area contributed by atoms with Crippen LogP contribution >= 0.6 is 11.8 Å². The lowest BCUT2D eigenvalue weighted by Gasteiger charge is -2.47. The lowest BCUT2D eigenvalue weighted by Crippen LogP contribution is -2.64. The zero-order chi connectivity index (χ0) is 14.4. The van der Waals surface area contributed by atoms with Gasteiger partial charge in [-0.1, -0.05) is 0 Å². The standard InChI is InChI=1S/C14H23F3N2S/c1-13(11-4-5-11)9-19(6-7-20-14(15,16)17)12(8-18-13)10-2-3-10/h10-12,18H,2-9H2,1H3. The fraction of sp³-hybridized carbons (Fsp3) is 1.00. The highest BCUT2D eigenvalue weighted by molar-refractivity contribution is 8.00. The van der Waals surface area contributed by atoms with E-state index in [2.05, 4.69) is 17.1 Å². The zero-order valence-electron chi connectivity index (χ0n) is 11.9. The molecular weight excluding hydrogens is 285 g/mol. The summed E-state index contributed by atoms with van der Waals surface area (Å²) in [6, 6.07) is 0.454. The second-order valence-electron chi connectivity index (χ2n) is 6.74. The van der Waals surface area contributed by atoms with Crippen LogP contribution in [0.1, 0.15) is 32.6 Å². The average molecular weight is 308 g/mol. The Morgan fingerprint density at radius 2 is 1.95 bits per heavy atom. The minimum absolute atomic E-state index is 0.119. The summed E-state index contributed by atoms with van der Waals surface area (Å²) < 4.78 is 36.9. The number of nitrogens with zero attached hydrogens (tertiary/aromatic N) is 1. The molecule has 0 aromatic rings. The number of nitrogens with one attached hydrogen (secondary N) is 1. The van der Waals surface area contributed by atoms with E-state index < -0.39 is 5.51 Å². The number of rotatable bonds is 5. The first-order valence-corrected chi connectivity index (χ1v) is 8.56. The summed E-state index contributed by atoms with van der Waals surface area (Å²) in [5.41, 5.74) is -3.98. The fourth-order valence-electron chi connectivity index (χ4n) is 3.53. The lowest BCUT2D eigenvalue weighted by molar-refractivity contribution is -0.0330. The molecule has 1 heterocycles. The van der Waals surface area contributed by atoms with Crippen molar-refractivity contribution in [2.24, 2.45) is 11.8 Å². The molecule has 0 radical (unpaired) electrons. The predicted molar refractivity (Wildman–Crippen MR) is 75.7 cm³/mol. The summed E-state index contributed by atoms with van der Waals surface area (Å²) in [5.74, 6) is 1.59. The third kappa shape index (κ3) is 3.63. The second kappa shape index (κ2) is 5.36. The van der Waals surface area contributed by atoms with Crippen molar-refractivity contribution < 1.29 is 13.2 Å². The smallest absolute Gasteiger partial charge is 0.308 e. The van der Waals surface area contributed by atoms with Gasteiger partial charge in [0.1, 0.15) is 0 Å². The Hall–Kier alpha value is 0.0600. The molecule has 1 saturated heterocycles. The van der Waals surface area contributed by atoms with Gasteiger partial charge in [-0.25, -0.2) is 0 Å². The van der Waals surface area contributed by atoms with Crippen molar-refractivity contribution in [1.29, 1.82) is 0 Å². The molecule has 1 N–H and O–H groups in total. The van der Waals surface area contributed by atoms with E-state index in [0.717, 1.165) is 19.0 Å². The van der Waals surface area contributed by atoms with E-state index in [0.29, 0.717) is 18.5 Å². The van der Waals surface area contributed by atoms with Crippen LogP contribution in [0.4, 0.5) is 13.2 Å². The molecule has 1 aliphatic heterocycles. The maximum absolute atomic E-state index is 12.3. The second-order valence-corrected chi connectivity index (χ2v) is 7.90. The third-order valence-corrected chi connectivity index (χ3v) is 5.72. The first-order chi connectivity index (χ1) is 9.37. The van der Waals surface area contributed by atoms with Crippen LogP contribution in [0.15, 0.2) is 0 Å². The van der Waals surface area contributed by atoms with Crippen molar-refractivity contribution in [3.8, 4) is 0 Å². The van der Waals surface area contributed by atoms with Crippen molar-refractivity contribution in [2.45, 2.75) is 49.7 Å². The van der Waals surface area contributed by atoms with Crippen LogP contribution in [0.2, 0.25) is 0 Å². The molecule has 2 aliphatic carbocycles. The molecular formula is C14H23F3N2S. The SMILES string of the molecule is CC1(C2CC2)CN(CCSC(F)(F)F)C(C2CC2)CN1. The van der Waals surface area contributed by atoms with E-state index in [1.807, 2.05) is 0 Å². The van der Waals surface area contributed by atoms with Gasteiger partial charge in [0.05, 0.1) is 0 Å². The molecule has 20 heavy (non-hydrogen) atoms. The predicted octanol–water partition coefficient (Wildman–Crippen LogP) is 3.09. The molecule has 0 aromatic heterocycles. The van der Waals surface area contributed by atoms with E-state index in [-0.39, 0.29) is 23.1 Å². The van der Waals surface area contributed by atoms with E-state index in [1.165, 1.54) is 25.7 Å². The van der Waals surface area contributed by atoms with Gasteiger partial charge in [0.2, 0.25) is 0 Å². The Morgan fingerprint density at radius 1 is 1.25 bits per heavy atom. The average Bonchev–Trinajstić information content (AvgIpc) is 3.20. The molecule has 0 bridgehead atoms. The largest absolute Gasteiger partial charge is 0.441 e. The quantitative estimate of drug-likeness (QED) is 0.840. The van der Waals surface area contributed by atoms with Crippen LogP contribution in [0.25, 0.3) is 0 Å². The van der Waals surface area contributed by atoms with Crippen LogP contribution in [0, 0.1) is 11.8 Å². The summed E-state index contributed by atoms with van der Waals surface area (Å²) in [5, 5.41) is 3.69. The summed E-state index contributed by atoms with van der Waals surface area (Å²) in [6.45, 7) is 4.68. The molecule has 0 spiro atoms. The molecule has 6 heteroatoms. The molecule has 3 rings (SSSR count). The minimum Gasteiger partial charge on any atom is -0.308 e. The highest BCUT2D eigenvalue weighted by Gasteiger charge is 2.48. The normalized spacial score (nSPS) is 36.3. The molecule has 2 saturated carbocycles. The Labute approximate surface area is 122 Å². The molecule has 2 unspecified atom stereocenters. The highest BCUT2D eigenvalue weighted by atomic mass is 32.2. The Bertz CT molecular complexity index is 355. The first kappa shape index (κ1) is 15.0.